The van der Waals surface area contributed by atoms with Crippen LogP contribution in [0.25, 0.3) is 11.1 Å². The first-order valence-electron chi connectivity index (χ1n) is 11.6. The summed E-state index contributed by atoms with van der Waals surface area (Å²) in [7, 11) is 0. The molecule has 1 unspecified atom stereocenters. The minimum absolute atomic E-state index is 0.0230. The maximum atomic E-state index is 12.6. The Balaban J connectivity index is 1.55. The maximum Gasteiger partial charge on any atom is 0.407 e. The molecule has 8 heteroatoms. The Morgan fingerprint density at radius 3 is 2.21 bits per heavy atom. The van der Waals surface area contributed by atoms with Gasteiger partial charge in [0.15, 0.2) is 0 Å². The lowest BCUT2D eigenvalue weighted by Crippen LogP contribution is -2.41. The molecule has 0 bridgehead atoms. The van der Waals surface area contributed by atoms with Gasteiger partial charge in [-0.2, -0.15) is 0 Å². The molecule has 8 nitrogen and oxygen atoms in total. The Labute approximate surface area is 199 Å². The smallest absolute Gasteiger partial charge is 0.407 e. The molecule has 0 aromatic heterocycles. The second kappa shape index (κ2) is 12.2. The van der Waals surface area contributed by atoms with Crippen molar-refractivity contribution in [3.63, 3.8) is 0 Å². The topological polar surface area (TPSA) is 105 Å². The summed E-state index contributed by atoms with van der Waals surface area (Å²) in [6.45, 7) is 4.31. The second-order valence-electron chi connectivity index (χ2n) is 8.20. The summed E-state index contributed by atoms with van der Waals surface area (Å²) < 4.78 is 11.1. The van der Waals surface area contributed by atoms with Crippen LogP contribution in [0, 0.1) is 0 Å². The number of alkyl carbamates (subject to hydrolysis) is 1. The van der Waals surface area contributed by atoms with Crippen LogP contribution in [0.4, 0.5) is 4.79 Å². The number of carboxylic acids is 1. The van der Waals surface area contributed by atoms with Crippen molar-refractivity contribution in [2.75, 3.05) is 32.8 Å². The highest BCUT2D eigenvalue weighted by atomic mass is 16.5. The number of rotatable bonds is 12. The molecule has 3 rings (SSSR count). The standard InChI is InChI=1S/C26H32N2O6/c1-3-13-28(16-25(30)31)24(29)14-18(33-4-2)15-27-26(32)34-17-23-21-11-7-5-9-19(21)20-10-6-8-12-22(20)23/h5-12,18,23H,3-4,13-17H2,1-2H3,(H,27,32)(H,30,31). The minimum atomic E-state index is -1.06. The number of ether oxygens (including phenoxy) is 2. The lowest BCUT2D eigenvalue weighted by molar-refractivity contribution is -0.145. The van der Waals surface area contributed by atoms with Crippen LogP contribution in [-0.4, -0.2) is 66.9 Å². The monoisotopic (exact) mass is 468 g/mol. The van der Waals surface area contributed by atoms with E-state index in [-0.39, 0.29) is 37.9 Å². The largest absolute Gasteiger partial charge is 0.480 e. The van der Waals surface area contributed by atoms with Gasteiger partial charge in [-0.25, -0.2) is 4.79 Å². The number of benzene rings is 2. The summed E-state index contributed by atoms with van der Waals surface area (Å²) in [5.74, 6) is -1.43. The van der Waals surface area contributed by atoms with E-state index in [1.165, 1.54) is 4.90 Å². The van der Waals surface area contributed by atoms with Gasteiger partial charge >= 0.3 is 12.1 Å². The van der Waals surface area contributed by atoms with E-state index < -0.39 is 18.2 Å². The molecule has 0 spiro atoms. The van der Waals surface area contributed by atoms with E-state index >= 15 is 0 Å². The second-order valence-corrected chi connectivity index (χ2v) is 8.20. The van der Waals surface area contributed by atoms with Crippen LogP contribution in [-0.2, 0) is 19.1 Å². The summed E-state index contributed by atoms with van der Waals surface area (Å²) in [5.41, 5.74) is 4.56. The summed E-state index contributed by atoms with van der Waals surface area (Å²) in [6.07, 6.45) is -0.540. The minimum Gasteiger partial charge on any atom is -0.480 e. The van der Waals surface area contributed by atoms with Crippen LogP contribution in [0.2, 0.25) is 0 Å². The number of fused-ring (bicyclic) bond motifs is 3. The van der Waals surface area contributed by atoms with Crippen molar-refractivity contribution in [1.82, 2.24) is 10.2 Å². The molecule has 2 amide bonds. The summed E-state index contributed by atoms with van der Waals surface area (Å²) in [4.78, 5) is 37.4. The highest BCUT2D eigenvalue weighted by Crippen LogP contribution is 2.44. The van der Waals surface area contributed by atoms with Gasteiger partial charge in [-0.05, 0) is 35.6 Å². The van der Waals surface area contributed by atoms with E-state index in [0.29, 0.717) is 19.6 Å². The molecule has 0 aliphatic heterocycles. The lowest BCUT2D eigenvalue weighted by Gasteiger charge is -2.24. The van der Waals surface area contributed by atoms with Gasteiger partial charge in [0.25, 0.3) is 0 Å². The molecule has 34 heavy (non-hydrogen) atoms. The van der Waals surface area contributed by atoms with Gasteiger partial charge < -0.3 is 24.8 Å². The Kier molecular flexibility index (Phi) is 9.04. The Bertz CT molecular complexity index is 963. The molecule has 2 aromatic carbocycles. The van der Waals surface area contributed by atoms with E-state index in [4.69, 9.17) is 14.6 Å². The lowest BCUT2D eigenvalue weighted by atomic mass is 9.98. The number of hydrogen-bond donors (Lipinski definition) is 2. The van der Waals surface area contributed by atoms with Gasteiger partial charge in [0, 0.05) is 25.6 Å². The van der Waals surface area contributed by atoms with E-state index in [9.17, 15) is 14.4 Å². The van der Waals surface area contributed by atoms with Crippen LogP contribution >= 0.6 is 0 Å². The summed E-state index contributed by atoms with van der Waals surface area (Å²) in [5, 5.41) is 11.7. The third kappa shape index (κ3) is 6.35. The summed E-state index contributed by atoms with van der Waals surface area (Å²) >= 11 is 0. The van der Waals surface area contributed by atoms with Gasteiger partial charge in [-0.15, -0.1) is 0 Å². The van der Waals surface area contributed by atoms with Crippen molar-refractivity contribution >= 4 is 18.0 Å². The zero-order valence-electron chi connectivity index (χ0n) is 19.7. The van der Waals surface area contributed by atoms with Crippen molar-refractivity contribution in [2.24, 2.45) is 0 Å². The average molecular weight is 469 g/mol. The summed E-state index contributed by atoms with van der Waals surface area (Å²) in [6, 6.07) is 16.2. The third-order valence-corrected chi connectivity index (χ3v) is 5.79. The predicted molar refractivity (Wildman–Crippen MR) is 128 cm³/mol. The van der Waals surface area contributed by atoms with Crippen molar-refractivity contribution in [3.05, 3.63) is 59.7 Å². The number of carbonyl (C=O) groups excluding carboxylic acids is 2. The van der Waals surface area contributed by atoms with Crippen LogP contribution in [0.1, 0.15) is 43.7 Å². The van der Waals surface area contributed by atoms with E-state index in [1.807, 2.05) is 31.2 Å². The van der Waals surface area contributed by atoms with Gasteiger partial charge in [-0.3, -0.25) is 9.59 Å². The zero-order chi connectivity index (χ0) is 24.5. The van der Waals surface area contributed by atoms with Gasteiger partial charge in [0.2, 0.25) is 5.91 Å². The molecule has 1 aliphatic carbocycles. The van der Waals surface area contributed by atoms with Crippen LogP contribution in [0.3, 0.4) is 0 Å². The number of hydrogen-bond acceptors (Lipinski definition) is 5. The number of nitrogens with zero attached hydrogens (tertiary/aromatic N) is 1. The molecular weight excluding hydrogens is 436 g/mol. The fourth-order valence-electron chi connectivity index (χ4n) is 4.32. The average Bonchev–Trinajstić information content (AvgIpc) is 3.14. The molecule has 1 atom stereocenters. The van der Waals surface area contributed by atoms with Crippen LogP contribution in [0.5, 0.6) is 0 Å². The highest BCUT2D eigenvalue weighted by Gasteiger charge is 2.29. The van der Waals surface area contributed by atoms with Crippen LogP contribution < -0.4 is 5.32 Å². The van der Waals surface area contributed by atoms with Crippen molar-refractivity contribution in [2.45, 2.75) is 38.7 Å². The molecule has 0 saturated heterocycles. The fraction of sp³-hybridized carbons (Fsp3) is 0.423. The van der Waals surface area contributed by atoms with E-state index in [1.54, 1.807) is 6.92 Å². The van der Waals surface area contributed by atoms with E-state index in [0.717, 1.165) is 22.3 Å². The van der Waals surface area contributed by atoms with E-state index in [2.05, 4.69) is 29.6 Å². The third-order valence-electron chi connectivity index (χ3n) is 5.79. The molecule has 2 aromatic rings. The number of carbonyl (C=O) groups is 3. The molecule has 0 fully saturated rings. The molecule has 1 aliphatic rings. The number of amides is 2. The highest BCUT2D eigenvalue weighted by molar-refractivity contribution is 5.82. The Morgan fingerprint density at radius 1 is 1.03 bits per heavy atom. The van der Waals surface area contributed by atoms with Gasteiger partial charge in [-0.1, -0.05) is 55.5 Å². The SMILES string of the molecule is CCCN(CC(=O)O)C(=O)CC(CNC(=O)OCC1c2ccccc2-c2ccccc21)OCC. The molecule has 0 saturated carbocycles. The maximum absolute atomic E-state index is 12.6. The molecule has 2 N–H and O–H groups in total. The van der Waals surface area contributed by atoms with Crippen molar-refractivity contribution in [1.29, 1.82) is 0 Å². The molecule has 0 heterocycles. The molecule has 182 valence electrons. The number of carboxylic acid groups (broad SMARTS) is 1. The molecule has 0 radical (unpaired) electrons. The quantitative estimate of drug-likeness (QED) is 0.493. The zero-order valence-corrected chi connectivity index (χ0v) is 19.7. The number of aliphatic carboxylic acids is 1. The first-order valence-corrected chi connectivity index (χ1v) is 11.6. The van der Waals surface area contributed by atoms with Crippen molar-refractivity contribution < 1.29 is 29.0 Å². The first kappa shape index (κ1) is 25.2. The fourth-order valence-corrected chi connectivity index (χ4v) is 4.32. The van der Waals surface area contributed by atoms with Crippen molar-refractivity contribution in [3.8, 4) is 11.1 Å². The predicted octanol–water partition coefficient (Wildman–Crippen LogP) is 3.64. The normalized spacial score (nSPS) is 13.0. The van der Waals surface area contributed by atoms with Crippen LogP contribution in [0.15, 0.2) is 48.5 Å². The Morgan fingerprint density at radius 2 is 1.65 bits per heavy atom. The van der Waals surface area contributed by atoms with Gasteiger partial charge in [0.1, 0.15) is 13.2 Å². The number of nitrogens with one attached hydrogen (secondary N) is 1. The Hall–Kier alpha value is -3.39. The van der Waals surface area contributed by atoms with Gasteiger partial charge in [0.05, 0.1) is 12.5 Å². The molecular formula is C26H32N2O6. The first-order chi connectivity index (χ1) is 16.4.